The van der Waals surface area contributed by atoms with Crippen LogP contribution in [0.25, 0.3) is 21.7 Å². The first-order chi connectivity index (χ1) is 14.1. The number of ether oxygens (including phenoxy) is 1. The first kappa shape index (κ1) is 19.2. The molecule has 0 saturated heterocycles. The molecule has 0 radical (unpaired) electrons. The summed E-state index contributed by atoms with van der Waals surface area (Å²) in [5.41, 5.74) is 3.27. The molecule has 0 bridgehead atoms. The fraction of sp³-hybridized carbons (Fsp3) is 0.0435. The summed E-state index contributed by atoms with van der Waals surface area (Å²) < 4.78 is 6.08. The van der Waals surface area contributed by atoms with Crippen molar-refractivity contribution < 1.29 is 14.6 Å². The lowest BCUT2D eigenvalue weighted by molar-refractivity contribution is 0.0697. The van der Waals surface area contributed by atoms with Crippen molar-refractivity contribution in [2.24, 2.45) is 0 Å². The number of benzene rings is 2. The summed E-state index contributed by atoms with van der Waals surface area (Å²) in [6.45, 7) is 0.416. The number of carbonyl (C=O) groups is 1. The topological polar surface area (TPSA) is 59.4 Å². The minimum atomic E-state index is -1.01. The van der Waals surface area contributed by atoms with E-state index < -0.39 is 5.97 Å². The van der Waals surface area contributed by atoms with Gasteiger partial charge in [-0.15, -0.1) is 11.3 Å². The van der Waals surface area contributed by atoms with Crippen LogP contribution in [0.5, 0.6) is 5.75 Å². The summed E-state index contributed by atoms with van der Waals surface area (Å²) in [7, 11) is 0. The molecule has 0 saturated carbocycles. The Morgan fingerprint density at radius 1 is 1.03 bits per heavy atom. The summed E-state index contributed by atoms with van der Waals surface area (Å²) in [5.74, 6) is -0.343. The SMILES string of the molecule is O=C(O)c1cccnc1-c1sccc1-c1cc(Cl)ccc1OCc1ccccc1. The fourth-order valence-corrected chi connectivity index (χ4v) is 4.13. The second-order valence-electron chi connectivity index (χ2n) is 6.28. The monoisotopic (exact) mass is 421 g/mol. The van der Waals surface area contributed by atoms with E-state index in [-0.39, 0.29) is 5.56 Å². The maximum absolute atomic E-state index is 11.7. The van der Waals surface area contributed by atoms with Crippen molar-refractivity contribution in [2.45, 2.75) is 6.61 Å². The predicted molar refractivity (Wildman–Crippen MR) is 116 cm³/mol. The van der Waals surface area contributed by atoms with Crippen LogP contribution in [-0.4, -0.2) is 16.1 Å². The third-order valence-corrected chi connectivity index (χ3v) is 5.54. The number of pyridine rings is 1. The maximum atomic E-state index is 11.7. The number of hydrogen-bond acceptors (Lipinski definition) is 4. The Hall–Kier alpha value is -3.15. The second-order valence-corrected chi connectivity index (χ2v) is 7.64. The van der Waals surface area contributed by atoms with Crippen LogP contribution >= 0.6 is 22.9 Å². The molecule has 2 aromatic heterocycles. The Kier molecular flexibility index (Phi) is 5.60. The molecule has 0 atom stereocenters. The van der Waals surface area contributed by atoms with Crippen molar-refractivity contribution in [3.05, 3.63) is 94.5 Å². The zero-order valence-corrected chi connectivity index (χ0v) is 16.8. The zero-order valence-electron chi connectivity index (χ0n) is 15.2. The summed E-state index contributed by atoms with van der Waals surface area (Å²) >= 11 is 7.70. The molecule has 0 aliphatic carbocycles. The van der Waals surface area contributed by atoms with Gasteiger partial charge in [-0.1, -0.05) is 41.9 Å². The maximum Gasteiger partial charge on any atom is 0.337 e. The molecule has 0 fully saturated rings. The second kappa shape index (κ2) is 8.47. The summed E-state index contributed by atoms with van der Waals surface area (Å²) in [6, 6.07) is 20.4. The van der Waals surface area contributed by atoms with Gasteiger partial charge in [0.15, 0.2) is 0 Å². The van der Waals surface area contributed by atoms with Crippen LogP contribution in [-0.2, 0) is 6.61 Å². The number of carboxylic acids is 1. The Labute approximate surface area is 177 Å². The molecule has 0 aliphatic rings. The molecule has 29 heavy (non-hydrogen) atoms. The molecule has 0 spiro atoms. The van der Waals surface area contributed by atoms with Gasteiger partial charge < -0.3 is 9.84 Å². The molecule has 0 amide bonds. The highest BCUT2D eigenvalue weighted by Gasteiger charge is 2.20. The van der Waals surface area contributed by atoms with Crippen molar-refractivity contribution in [2.75, 3.05) is 0 Å². The largest absolute Gasteiger partial charge is 0.488 e. The van der Waals surface area contributed by atoms with E-state index in [9.17, 15) is 9.90 Å². The molecular formula is C23H16ClNO3S. The van der Waals surface area contributed by atoms with Gasteiger partial charge in [0, 0.05) is 22.3 Å². The molecule has 144 valence electrons. The number of aromatic nitrogens is 1. The molecule has 4 rings (SSSR count). The molecule has 0 unspecified atom stereocenters. The lowest BCUT2D eigenvalue weighted by Gasteiger charge is -2.13. The molecule has 6 heteroatoms. The highest BCUT2D eigenvalue weighted by atomic mass is 35.5. The Morgan fingerprint density at radius 3 is 2.66 bits per heavy atom. The van der Waals surface area contributed by atoms with Gasteiger partial charge >= 0.3 is 5.97 Å². The van der Waals surface area contributed by atoms with E-state index in [1.165, 1.54) is 11.3 Å². The van der Waals surface area contributed by atoms with Crippen molar-refractivity contribution >= 4 is 28.9 Å². The van der Waals surface area contributed by atoms with E-state index in [0.717, 1.165) is 21.6 Å². The van der Waals surface area contributed by atoms with E-state index in [4.69, 9.17) is 16.3 Å². The van der Waals surface area contributed by atoms with Crippen LogP contribution in [0.4, 0.5) is 0 Å². The van der Waals surface area contributed by atoms with Gasteiger partial charge in [0.25, 0.3) is 0 Å². The first-order valence-corrected chi connectivity index (χ1v) is 10.1. The van der Waals surface area contributed by atoms with Gasteiger partial charge in [0.1, 0.15) is 12.4 Å². The smallest absolute Gasteiger partial charge is 0.337 e. The number of thiophene rings is 1. The van der Waals surface area contributed by atoms with E-state index in [1.54, 1.807) is 24.4 Å². The first-order valence-electron chi connectivity index (χ1n) is 8.86. The lowest BCUT2D eigenvalue weighted by Crippen LogP contribution is -2.01. The van der Waals surface area contributed by atoms with Crippen LogP contribution in [0.3, 0.4) is 0 Å². The zero-order chi connectivity index (χ0) is 20.2. The number of carboxylic acid groups (broad SMARTS) is 1. The van der Waals surface area contributed by atoms with Crippen molar-refractivity contribution in [1.82, 2.24) is 4.98 Å². The van der Waals surface area contributed by atoms with Gasteiger partial charge in [-0.2, -0.15) is 0 Å². The van der Waals surface area contributed by atoms with Crippen LogP contribution in [0.1, 0.15) is 15.9 Å². The third-order valence-electron chi connectivity index (χ3n) is 4.39. The molecule has 1 N–H and O–H groups in total. The lowest BCUT2D eigenvalue weighted by atomic mass is 10.0. The van der Waals surface area contributed by atoms with Gasteiger partial charge in [-0.3, -0.25) is 4.98 Å². The minimum absolute atomic E-state index is 0.157. The van der Waals surface area contributed by atoms with Crippen LogP contribution in [0.15, 0.2) is 78.3 Å². The number of rotatable bonds is 6. The normalized spacial score (nSPS) is 10.7. The van der Waals surface area contributed by atoms with E-state index in [1.807, 2.05) is 53.9 Å². The summed E-state index contributed by atoms with van der Waals surface area (Å²) in [4.78, 5) is 16.8. The summed E-state index contributed by atoms with van der Waals surface area (Å²) in [5, 5.41) is 12.0. The van der Waals surface area contributed by atoms with Crippen LogP contribution in [0.2, 0.25) is 5.02 Å². The van der Waals surface area contributed by atoms with Gasteiger partial charge in [-0.25, -0.2) is 4.79 Å². The minimum Gasteiger partial charge on any atom is -0.488 e. The summed E-state index contributed by atoms with van der Waals surface area (Å²) in [6.07, 6.45) is 1.59. The number of halogens is 1. The van der Waals surface area contributed by atoms with Gasteiger partial charge in [0.05, 0.1) is 16.1 Å². The Bertz CT molecular complexity index is 1160. The quantitative estimate of drug-likeness (QED) is 0.391. The predicted octanol–water partition coefficient (Wildman–Crippen LogP) is 6.41. The average Bonchev–Trinajstić information content (AvgIpc) is 3.23. The highest BCUT2D eigenvalue weighted by Crippen LogP contribution is 2.42. The molecule has 2 aromatic carbocycles. The van der Waals surface area contributed by atoms with E-state index >= 15 is 0 Å². The van der Waals surface area contributed by atoms with E-state index in [0.29, 0.717) is 23.1 Å². The number of hydrogen-bond donors (Lipinski definition) is 1. The third kappa shape index (κ3) is 4.16. The number of aromatic carboxylic acids is 1. The Balaban J connectivity index is 1.76. The number of nitrogens with zero attached hydrogens (tertiary/aromatic N) is 1. The molecule has 4 aromatic rings. The molecule has 4 nitrogen and oxygen atoms in total. The van der Waals surface area contributed by atoms with Gasteiger partial charge in [0.2, 0.25) is 0 Å². The van der Waals surface area contributed by atoms with Gasteiger partial charge in [-0.05, 0) is 47.3 Å². The molecule has 0 aliphatic heterocycles. The van der Waals surface area contributed by atoms with Crippen LogP contribution in [0, 0.1) is 0 Å². The van der Waals surface area contributed by atoms with Crippen LogP contribution < -0.4 is 4.74 Å². The molecular weight excluding hydrogens is 406 g/mol. The Morgan fingerprint density at radius 2 is 1.86 bits per heavy atom. The average molecular weight is 422 g/mol. The molecule has 2 heterocycles. The van der Waals surface area contributed by atoms with Crippen molar-refractivity contribution in [3.63, 3.8) is 0 Å². The standard InChI is InChI=1S/C23H16ClNO3S/c24-16-8-9-20(28-14-15-5-2-1-3-6-15)19(13-16)17-10-12-29-22(17)21-18(23(26)27)7-4-11-25-21/h1-13H,14H2,(H,26,27). The van der Waals surface area contributed by atoms with Crippen molar-refractivity contribution in [1.29, 1.82) is 0 Å². The fourth-order valence-electron chi connectivity index (χ4n) is 3.04. The van der Waals surface area contributed by atoms with Crippen molar-refractivity contribution in [3.8, 4) is 27.4 Å². The highest BCUT2D eigenvalue weighted by molar-refractivity contribution is 7.14. The van der Waals surface area contributed by atoms with E-state index in [2.05, 4.69) is 4.98 Å².